The van der Waals surface area contributed by atoms with Crippen molar-refractivity contribution in [2.45, 2.75) is 51.5 Å². The second-order valence-electron chi connectivity index (χ2n) is 8.27. The minimum atomic E-state index is 0.183. The Morgan fingerprint density at radius 1 is 1.04 bits per heavy atom. The molecule has 3 saturated heterocycles. The molecule has 27 heavy (non-hydrogen) atoms. The molecule has 0 unspecified atom stereocenters. The van der Waals surface area contributed by atoms with Crippen LogP contribution in [0.1, 0.15) is 44.6 Å². The molecular formula is C22H30N2O3. The predicted octanol–water partition coefficient (Wildman–Crippen LogP) is 2.88. The molecule has 0 radical (unpaired) electrons. The number of nitrogens with zero attached hydrogens (tertiary/aromatic N) is 2. The number of rotatable bonds is 5. The Morgan fingerprint density at radius 3 is 2.48 bits per heavy atom. The lowest BCUT2D eigenvalue weighted by molar-refractivity contribution is -0.139. The normalized spacial score (nSPS) is 25.1. The van der Waals surface area contributed by atoms with E-state index in [0.717, 1.165) is 56.6 Å². The molecule has 146 valence electrons. The molecule has 4 aliphatic rings. The molecule has 2 atom stereocenters. The summed E-state index contributed by atoms with van der Waals surface area (Å²) >= 11 is 0. The van der Waals surface area contributed by atoms with Gasteiger partial charge < -0.3 is 14.5 Å². The molecule has 5 nitrogen and oxygen atoms in total. The zero-order valence-electron chi connectivity index (χ0n) is 16.2. The van der Waals surface area contributed by atoms with E-state index < -0.39 is 0 Å². The van der Waals surface area contributed by atoms with Crippen molar-refractivity contribution in [1.29, 1.82) is 0 Å². The van der Waals surface area contributed by atoms with Gasteiger partial charge in [0, 0.05) is 31.6 Å². The number of amides is 2. The van der Waals surface area contributed by atoms with Gasteiger partial charge in [0.25, 0.3) is 0 Å². The topological polar surface area (TPSA) is 49.9 Å². The molecule has 1 saturated carbocycles. The quantitative estimate of drug-likeness (QED) is 0.801. The second-order valence-corrected chi connectivity index (χ2v) is 8.27. The van der Waals surface area contributed by atoms with Crippen LogP contribution in [-0.4, -0.2) is 53.9 Å². The molecule has 1 aromatic carbocycles. The van der Waals surface area contributed by atoms with Crippen molar-refractivity contribution >= 4 is 11.8 Å². The molecule has 5 rings (SSSR count). The number of ether oxygens (including phenoxy) is 1. The van der Waals surface area contributed by atoms with Gasteiger partial charge in [-0.3, -0.25) is 9.59 Å². The van der Waals surface area contributed by atoms with Crippen LogP contribution < -0.4 is 4.74 Å². The van der Waals surface area contributed by atoms with E-state index in [0.29, 0.717) is 24.9 Å². The lowest BCUT2D eigenvalue weighted by atomic mass is 9.84. The van der Waals surface area contributed by atoms with Crippen LogP contribution in [0, 0.1) is 11.8 Å². The van der Waals surface area contributed by atoms with Gasteiger partial charge in [0.1, 0.15) is 5.75 Å². The van der Waals surface area contributed by atoms with E-state index in [1.165, 1.54) is 6.42 Å². The van der Waals surface area contributed by atoms with E-state index in [1.807, 2.05) is 31.2 Å². The van der Waals surface area contributed by atoms with Crippen molar-refractivity contribution in [3.05, 3.63) is 29.8 Å². The maximum absolute atomic E-state index is 13.0. The van der Waals surface area contributed by atoms with Crippen molar-refractivity contribution in [3.63, 3.8) is 0 Å². The minimum absolute atomic E-state index is 0.183. The molecule has 2 amide bonds. The number of carbonyl (C=O) groups excluding carboxylic acids is 2. The average Bonchev–Trinajstić information content (AvgIpc) is 2.94. The van der Waals surface area contributed by atoms with Crippen molar-refractivity contribution < 1.29 is 14.3 Å². The Bertz CT molecular complexity index is 683. The summed E-state index contributed by atoms with van der Waals surface area (Å²) in [4.78, 5) is 29.8. The summed E-state index contributed by atoms with van der Waals surface area (Å²) < 4.78 is 5.47. The summed E-state index contributed by atoms with van der Waals surface area (Å²) in [7, 11) is 0. The van der Waals surface area contributed by atoms with Crippen molar-refractivity contribution in [2.24, 2.45) is 11.8 Å². The van der Waals surface area contributed by atoms with Gasteiger partial charge in [0.15, 0.2) is 0 Å². The molecule has 4 fully saturated rings. The lowest BCUT2D eigenvalue weighted by Crippen LogP contribution is -2.48. The maximum Gasteiger partial charge on any atom is 0.227 e. The highest BCUT2D eigenvalue weighted by Crippen LogP contribution is 2.33. The number of fused-ring (bicyclic) bond motifs is 4. The van der Waals surface area contributed by atoms with Crippen molar-refractivity contribution in [2.75, 3.05) is 26.2 Å². The van der Waals surface area contributed by atoms with E-state index in [4.69, 9.17) is 4.74 Å². The smallest absolute Gasteiger partial charge is 0.227 e. The second kappa shape index (κ2) is 7.91. The molecule has 2 bridgehead atoms. The number of piperidine rings is 1. The van der Waals surface area contributed by atoms with Crippen LogP contribution >= 0.6 is 0 Å². The summed E-state index contributed by atoms with van der Waals surface area (Å²) in [6.07, 6.45) is 5.85. The Kier molecular flexibility index (Phi) is 5.37. The molecule has 5 heteroatoms. The van der Waals surface area contributed by atoms with Crippen molar-refractivity contribution in [3.8, 4) is 5.75 Å². The first-order valence-corrected chi connectivity index (χ1v) is 10.4. The predicted molar refractivity (Wildman–Crippen MR) is 103 cm³/mol. The SMILES string of the molecule is CCOc1ccc(CC(=O)N2C[C@H]3CC[C@@H]2CN(C(=O)C2CCC2)C3)cc1. The van der Waals surface area contributed by atoms with Gasteiger partial charge in [-0.1, -0.05) is 18.6 Å². The first kappa shape index (κ1) is 18.3. The van der Waals surface area contributed by atoms with E-state index in [1.54, 1.807) is 0 Å². The van der Waals surface area contributed by atoms with Crippen molar-refractivity contribution in [1.82, 2.24) is 9.80 Å². The molecule has 0 aromatic heterocycles. The van der Waals surface area contributed by atoms with Crippen LogP contribution in [0.5, 0.6) is 5.75 Å². The molecule has 1 aliphatic carbocycles. The largest absolute Gasteiger partial charge is 0.494 e. The molecule has 1 aromatic rings. The fraction of sp³-hybridized carbons (Fsp3) is 0.636. The fourth-order valence-corrected chi connectivity index (χ4v) is 4.63. The standard InChI is InChI=1S/C22H30N2O3/c1-2-27-20-10-7-16(8-11-20)12-21(25)24-14-17-6-9-19(24)15-23(13-17)22(26)18-4-3-5-18/h7-8,10-11,17-19H,2-6,9,12-15H2,1H3/t17-,19+/m0/s1. The van der Waals surface area contributed by atoms with Gasteiger partial charge in [0.05, 0.1) is 13.0 Å². The average molecular weight is 370 g/mol. The highest BCUT2D eigenvalue weighted by atomic mass is 16.5. The summed E-state index contributed by atoms with van der Waals surface area (Å²) in [6, 6.07) is 8.00. The Morgan fingerprint density at radius 2 is 1.81 bits per heavy atom. The van der Waals surface area contributed by atoms with Gasteiger partial charge in [-0.25, -0.2) is 0 Å². The van der Waals surface area contributed by atoms with Gasteiger partial charge in [-0.05, 0) is 56.2 Å². The van der Waals surface area contributed by atoms with Crippen LogP contribution in [0.15, 0.2) is 24.3 Å². The van der Waals surface area contributed by atoms with Crippen LogP contribution in [0.25, 0.3) is 0 Å². The lowest BCUT2D eigenvalue weighted by Gasteiger charge is -2.36. The first-order chi connectivity index (χ1) is 13.1. The van der Waals surface area contributed by atoms with Gasteiger partial charge in [0.2, 0.25) is 11.8 Å². The number of hydrogen-bond donors (Lipinski definition) is 0. The highest BCUT2D eigenvalue weighted by Gasteiger charge is 2.40. The van der Waals surface area contributed by atoms with Crippen LogP contribution in [-0.2, 0) is 16.0 Å². The van der Waals surface area contributed by atoms with E-state index >= 15 is 0 Å². The summed E-state index contributed by atoms with van der Waals surface area (Å²) in [5.41, 5.74) is 1.02. The molecule has 0 spiro atoms. The number of hydrogen-bond acceptors (Lipinski definition) is 3. The summed E-state index contributed by atoms with van der Waals surface area (Å²) in [5.74, 6) is 2.03. The van der Waals surface area contributed by atoms with Gasteiger partial charge in [-0.2, -0.15) is 0 Å². The van der Waals surface area contributed by atoms with Crippen LogP contribution in [0.4, 0.5) is 0 Å². The molecule has 3 aliphatic heterocycles. The minimum Gasteiger partial charge on any atom is -0.494 e. The Hall–Kier alpha value is -2.04. The Labute approximate surface area is 161 Å². The first-order valence-electron chi connectivity index (χ1n) is 10.4. The van der Waals surface area contributed by atoms with Gasteiger partial charge >= 0.3 is 0 Å². The van der Waals surface area contributed by atoms with E-state index in [9.17, 15) is 9.59 Å². The fourth-order valence-electron chi connectivity index (χ4n) is 4.63. The highest BCUT2D eigenvalue weighted by molar-refractivity contribution is 5.81. The van der Waals surface area contributed by atoms with Crippen LogP contribution in [0.2, 0.25) is 0 Å². The third-order valence-electron chi connectivity index (χ3n) is 6.39. The Balaban J connectivity index is 1.40. The summed E-state index contributed by atoms with van der Waals surface area (Å²) in [6.45, 7) is 4.96. The number of benzene rings is 1. The van der Waals surface area contributed by atoms with E-state index in [2.05, 4.69) is 9.80 Å². The molecule has 3 heterocycles. The molecular weight excluding hydrogens is 340 g/mol. The zero-order valence-corrected chi connectivity index (χ0v) is 16.2. The third kappa shape index (κ3) is 3.97. The number of carbonyl (C=O) groups is 2. The maximum atomic E-state index is 13.0. The van der Waals surface area contributed by atoms with Gasteiger partial charge in [-0.15, -0.1) is 0 Å². The monoisotopic (exact) mass is 370 g/mol. The molecule has 0 N–H and O–H groups in total. The third-order valence-corrected chi connectivity index (χ3v) is 6.39. The van der Waals surface area contributed by atoms with Crippen LogP contribution in [0.3, 0.4) is 0 Å². The van der Waals surface area contributed by atoms with E-state index in [-0.39, 0.29) is 17.9 Å². The zero-order chi connectivity index (χ0) is 18.8. The summed E-state index contributed by atoms with van der Waals surface area (Å²) in [5, 5.41) is 0.